The summed E-state index contributed by atoms with van der Waals surface area (Å²) in [6.07, 6.45) is 3.36. The van der Waals surface area contributed by atoms with E-state index in [9.17, 15) is 0 Å². The summed E-state index contributed by atoms with van der Waals surface area (Å²) in [6, 6.07) is 0. The molecule has 1 heterocycles. The Morgan fingerprint density at radius 2 is 2.20 bits per heavy atom. The van der Waals surface area contributed by atoms with Gasteiger partial charge in [0.05, 0.1) is 5.01 Å². The summed E-state index contributed by atoms with van der Waals surface area (Å²) < 4.78 is 0. The second-order valence-electron chi connectivity index (χ2n) is 5.59. The van der Waals surface area contributed by atoms with Crippen LogP contribution in [0.25, 0.3) is 0 Å². The lowest BCUT2D eigenvalue weighted by molar-refractivity contribution is 0.426. The van der Waals surface area contributed by atoms with E-state index in [0.717, 1.165) is 18.4 Å². The SMILES string of the molecule is CC1CC1c1ncc(CNC(C)(C)C)s1. The Hall–Kier alpha value is -0.410. The Morgan fingerprint density at radius 1 is 1.53 bits per heavy atom. The predicted molar refractivity (Wildman–Crippen MR) is 65.2 cm³/mol. The summed E-state index contributed by atoms with van der Waals surface area (Å²) >= 11 is 1.87. The van der Waals surface area contributed by atoms with E-state index in [1.54, 1.807) is 0 Å². The second-order valence-corrected chi connectivity index (χ2v) is 6.73. The molecule has 1 aliphatic carbocycles. The van der Waals surface area contributed by atoms with Crippen molar-refractivity contribution in [1.82, 2.24) is 10.3 Å². The lowest BCUT2D eigenvalue weighted by atomic mass is 10.1. The van der Waals surface area contributed by atoms with Crippen molar-refractivity contribution in [3.63, 3.8) is 0 Å². The van der Waals surface area contributed by atoms with E-state index >= 15 is 0 Å². The Labute approximate surface area is 96.1 Å². The second kappa shape index (κ2) is 3.87. The highest BCUT2D eigenvalue weighted by Gasteiger charge is 2.36. The number of nitrogens with one attached hydrogen (secondary N) is 1. The third kappa shape index (κ3) is 3.02. The summed E-state index contributed by atoms with van der Waals surface area (Å²) in [6.45, 7) is 9.83. The third-order valence-corrected chi connectivity index (χ3v) is 3.92. The quantitative estimate of drug-likeness (QED) is 0.853. The maximum absolute atomic E-state index is 4.51. The number of aromatic nitrogens is 1. The lowest BCUT2D eigenvalue weighted by Gasteiger charge is -2.19. The Kier molecular flexibility index (Phi) is 2.86. The molecule has 0 aliphatic heterocycles. The van der Waals surface area contributed by atoms with Gasteiger partial charge in [-0.25, -0.2) is 4.98 Å². The van der Waals surface area contributed by atoms with Crippen LogP contribution in [0.1, 0.15) is 49.9 Å². The van der Waals surface area contributed by atoms with Crippen LogP contribution in [0, 0.1) is 5.92 Å². The summed E-state index contributed by atoms with van der Waals surface area (Å²) in [5.41, 5.74) is 0.191. The first-order valence-electron chi connectivity index (χ1n) is 5.65. The van der Waals surface area contributed by atoms with E-state index in [0.29, 0.717) is 0 Å². The highest BCUT2D eigenvalue weighted by atomic mass is 32.1. The molecule has 15 heavy (non-hydrogen) atoms. The minimum absolute atomic E-state index is 0.191. The first-order chi connectivity index (χ1) is 6.96. The Morgan fingerprint density at radius 3 is 2.73 bits per heavy atom. The molecule has 0 bridgehead atoms. The van der Waals surface area contributed by atoms with Gasteiger partial charge >= 0.3 is 0 Å². The van der Waals surface area contributed by atoms with E-state index < -0.39 is 0 Å². The average Bonchev–Trinajstić information content (AvgIpc) is 2.68. The zero-order chi connectivity index (χ0) is 11.1. The smallest absolute Gasteiger partial charge is 0.0961 e. The van der Waals surface area contributed by atoms with Gasteiger partial charge in [-0.2, -0.15) is 0 Å². The first-order valence-corrected chi connectivity index (χ1v) is 6.47. The van der Waals surface area contributed by atoms with Gasteiger partial charge in [-0.05, 0) is 33.1 Å². The molecule has 0 saturated heterocycles. The van der Waals surface area contributed by atoms with Gasteiger partial charge in [-0.15, -0.1) is 11.3 Å². The van der Waals surface area contributed by atoms with Crippen molar-refractivity contribution in [3.8, 4) is 0 Å². The maximum Gasteiger partial charge on any atom is 0.0961 e. The van der Waals surface area contributed by atoms with Gasteiger partial charge in [0.25, 0.3) is 0 Å². The molecule has 1 N–H and O–H groups in total. The molecule has 2 atom stereocenters. The van der Waals surface area contributed by atoms with E-state index in [4.69, 9.17) is 0 Å². The highest BCUT2D eigenvalue weighted by molar-refractivity contribution is 7.11. The summed E-state index contributed by atoms with van der Waals surface area (Å²) in [5.74, 6) is 1.62. The highest BCUT2D eigenvalue weighted by Crippen LogP contribution is 2.47. The molecule has 1 aliphatic rings. The van der Waals surface area contributed by atoms with Crippen molar-refractivity contribution >= 4 is 11.3 Å². The molecule has 2 rings (SSSR count). The Bertz CT molecular complexity index is 338. The Balaban J connectivity index is 1.90. The molecule has 3 heteroatoms. The number of thiazole rings is 1. The molecule has 1 fully saturated rings. The van der Waals surface area contributed by atoms with Gasteiger partial charge in [0.1, 0.15) is 0 Å². The fraction of sp³-hybridized carbons (Fsp3) is 0.750. The lowest BCUT2D eigenvalue weighted by Crippen LogP contribution is -2.34. The number of nitrogens with zero attached hydrogens (tertiary/aromatic N) is 1. The van der Waals surface area contributed by atoms with Crippen molar-refractivity contribution < 1.29 is 0 Å². The van der Waals surface area contributed by atoms with Crippen LogP contribution in [-0.2, 0) is 6.54 Å². The minimum Gasteiger partial charge on any atom is -0.307 e. The topological polar surface area (TPSA) is 24.9 Å². The molecular formula is C12H20N2S. The van der Waals surface area contributed by atoms with Gasteiger partial charge in [0, 0.05) is 29.1 Å². The summed E-state index contributed by atoms with van der Waals surface area (Å²) in [5, 5.41) is 4.83. The van der Waals surface area contributed by atoms with Gasteiger partial charge < -0.3 is 5.32 Å². The van der Waals surface area contributed by atoms with Gasteiger partial charge in [0.15, 0.2) is 0 Å². The normalized spacial score (nSPS) is 25.6. The first kappa shape index (κ1) is 11.1. The van der Waals surface area contributed by atoms with Crippen LogP contribution >= 0.6 is 11.3 Å². The zero-order valence-electron chi connectivity index (χ0n) is 10.0. The molecule has 84 valence electrons. The molecule has 0 spiro atoms. The molecule has 1 aromatic heterocycles. The number of rotatable bonds is 3. The van der Waals surface area contributed by atoms with Crippen LogP contribution in [0.5, 0.6) is 0 Å². The van der Waals surface area contributed by atoms with Crippen LogP contribution < -0.4 is 5.32 Å². The predicted octanol–water partition coefficient (Wildman–Crippen LogP) is 3.15. The van der Waals surface area contributed by atoms with E-state index in [-0.39, 0.29) is 5.54 Å². The summed E-state index contributed by atoms with van der Waals surface area (Å²) in [4.78, 5) is 5.87. The average molecular weight is 224 g/mol. The molecule has 0 radical (unpaired) electrons. The van der Waals surface area contributed by atoms with E-state index in [1.165, 1.54) is 16.3 Å². The van der Waals surface area contributed by atoms with Gasteiger partial charge in [0.2, 0.25) is 0 Å². The van der Waals surface area contributed by atoms with Crippen LogP contribution in [0.3, 0.4) is 0 Å². The fourth-order valence-corrected chi connectivity index (χ4v) is 2.70. The van der Waals surface area contributed by atoms with Crippen LogP contribution in [0.4, 0.5) is 0 Å². The number of hydrogen-bond acceptors (Lipinski definition) is 3. The molecule has 2 unspecified atom stereocenters. The summed E-state index contributed by atoms with van der Waals surface area (Å²) in [7, 11) is 0. The van der Waals surface area contributed by atoms with Gasteiger partial charge in [-0.3, -0.25) is 0 Å². The van der Waals surface area contributed by atoms with Crippen LogP contribution in [0.2, 0.25) is 0 Å². The minimum atomic E-state index is 0.191. The maximum atomic E-state index is 4.51. The molecule has 1 aromatic rings. The van der Waals surface area contributed by atoms with E-state index in [2.05, 4.69) is 38.0 Å². The standard InChI is InChI=1S/C12H20N2S/c1-8-5-10(8)11-13-6-9(15-11)7-14-12(2,3)4/h6,8,10,14H,5,7H2,1-4H3. The molecular weight excluding hydrogens is 204 g/mol. The molecule has 1 saturated carbocycles. The van der Waals surface area contributed by atoms with Crippen molar-refractivity contribution in [3.05, 3.63) is 16.1 Å². The van der Waals surface area contributed by atoms with Crippen molar-refractivity contribution in [2.75, 3.05) is 0 Å². The monoisotopic (exact) mass is 224 g/mol. The van der Waals surface area contributed by atoms with E-state index in [1.807, 2.05) is 17.5 Å². The van der Waals surface area contributed by atoms with Crippen molar-refractivity contribution in [2.45, 2.75) is 52.1 Å². The van der Waals surface area contributed by atoms with Crippen molar-refractivity contribution in [1.29, 1.82) is 0 Å². The molecule has 0 amide bonds. The number of hydrogen-bond donors (Lipinski definition) is 1. The van der Waals surface area contributed by atoms with Crippen molar-refractivity contribution in [2.24, 2.45) is 5.92 Å². The van der Waals surface area contributed by atoms with Gasteiger partial charge in [-0.1, -0.05) is 6.92 Å². The molecule has 0 aromatic carbocycles. The molecule has 2 nitrogen and oxygen atoms in total. The van der Waals surface area contributed by atoms with Crippen LogP contribution in [-0.4, -0.2) is 10.5 Å². The third-order valence-electron chi connectivity index (χ3n) is 2.79. The fourth-order valence-electron chi connectivity index (χ4n) is 1.59. The zero-order valence-corrected chi connectivity index (χ0v) is 10.8. The largest absolute Gasteiger partial charge is 0.307 e. The van der Waals surface area contributed by atoms with Crippen LogP contribution in [0.15, 0.2) is 6.20 Å².